The molecule has 1 atom stereocenters. The van der Waals surface area contributed by atoms with Crippen LogP contribution in [0.1, 0.15) is 30.9 Å². The highest BCUT2D eigenvalue weighted by Gasteiger charge is 2.35. The van der Waals surface area contributed by atoms with E-state index in [0.717, 1.165) is 12.0 Å². The van der Waals surface area contributed by atoms with Crippen LogP contribution in [0, 0.1) is 12.8 Å². The van der Waals surface area contributed by atoms with Gasteiger partial charge in [-0.3, -0.25) is 9.59 Å². The molecule has 0 aliphatic carbocycles. The average molecular weight is 441 g/mol. The number of benzene rings is 2. The molecule has 0 saturated carbocycles. The zero-order valence-electron chi connectivity index (χ0n) is 17.4. The number of amidine groups is 1. The van der Waals surface area contributed by atoms with E-state index in [9.17, 15) is 18.0 Å². The SMILES string of the molecule is CC(=O)Nc1ccc(C)cc1NC(=O)C1CCCN(C2=NS(=O)(=O)c3ccccc32)C1. The largest absolute Gasteiger partial charge is 0.355 e. The van der Waals surface area contributed by atoms with Crippen molar-refractivity contribution < 1.29 is 18.0 Å². The third kappa shape index (κ3) is 4.32. The Hall–Kier alpha value is -3.20. The number of rotatable bonds is 3. The summed E-state index contributed by atoms with van der Waals surface area (Å²) >= 11 is 0. The number of hydrogen-bond acceptors (Lipinski definition) is 5. The molecule has 2 aromatic rings. The Morgan fingerprint density at radius 1 is 1.10 bits per heavy atom. The summed E-state index contributed by atoms with van der Waals surface area (Å²) in [6.45, 7) is 4.33. The normalized spacial score (nSPS) is 19.4. The minimum absolute atomic E-state index is 0.170. The summed E-state index contributed by atoms with van der Waals surface area (Å²) in [4.78, 5) is 26.6. The van der Waals surface area contributed by atoms with Gasteiger partial charge in [0.1, 0.15) is 4.90 Å². The lowest BCUT2D eigenvalue weighted by Crippen LogP contribution is -2.43. The first kappa shape index (κ1) is 21.0. The van der Waals surface area contributed by atoms with Crippen LogP contribution in [0.15, 0.2) is 51.8 Å². The number of likely N-dealkylation sites (tertiary alicyclic amines) is 1. The van der Waals surface area contributed by atoms with Crippen molar-refractivity contribution in [2.45, 2.75) is 31.6 Å². The van der Waals surface area contributed by atoms with E-state index < -0.39 is 10.0 Å². The van der Waals surface area contributed by atoms with Gasteiger partial charge < -0.3 is 15.5 Å². The standard InChI is InChI=1S/C22H24N4O4S/c1-14-9-10-18(23-15(2)27)19(12-14)24-22(28)16-6-5-11-26(13-16)21-17-7-3-4-8-20(17)31(29,30)25-21/h3-4,7-10,12,16H,5-6,11,13H2,1-2H3,(H,23,27)(H,24,28). The molecule has 8 nitrogen and oxygen atoms in total. The van der Waals surface area contributed by atoms with Crippen molar-refractivity contribution in [2.75, 3.05) is 23.7 Å². The van der Waals surface area contributed by atoms with E-state index in [1.807, 2.05) is 24.0 Å². The number of nitrogens with zero attached hydrogens (tertiary/aromatic N) is 2. The number of piperidine rings is 1. The van der Waals surface area contributed by atoms with Gasteiger partial charge in [0.25, 0.3) is 10.0 Å². The van der Waals surface area contributed by atoms with Crippen molar-refractivity contribution in [1.82, 2.24) is 4.90 Å². The number of amides is 2. The summed E-state index contributed by atoms with van der Waals surface area (Å²) in [5, 5.41) is 5.67. The Bertz CT molecular complexity index is 1190. The number of nitrogens with one attached hydrogen (secondary N) is 2. The maximum absolute atomic E-state index is 13.0. The van der Waals surface area contributed by atoms with Crippen LogP contribution in [-0.2, 0) is 19.6 Å². The summed E-state index contributed by atoms with van der Waals surface area (Å²) < 4.78 is 28.8. The van der Waals surface area contributed by atoms with Crippen molar-refractivity contribution in [1.29, 1.82) is 0 Å². The lowest BCUT2D eigenvalue weighted by molar-refractivity contribution is -0.121. The van der Waals surface area contributed by atoms with Crippen LogP contribution >= 0.6 is 0 Å². The second-order valence-electron chi connectivity index (χ2n) is 7.89. The zero-order valence-corrected chi connectivity index (χ0v) is 18.2. The maximum Gasteiger partial charge on any atom is 0.285 e. The minimum atomic E-state index is -3.71. The number of anilines is 2. The monoisotopic (exact) mass is 440 g/mol. The van der Waals surface area contributed by atoms with Gasteiger partial charge in [0.2, 0.25) is 11.8 Å². The molecule has 1 fully saturated rings. The first-order valence-electron chi connectivity index (χ1n) is 10.1. The molecule has 9 heteroatoms. The summed E-state index contributed by atoms with van der Waals surface area (Å²) in [5.74, 6) is -0.320. The predicted molar refractivity (Wildman–Crippen MR) is 119 cm³/mol. The third-order valence-corrected chi connectivity index (χ3v) is 6.77. The molecule has 2 aliphatic heterocycles. The fourth-order valence-corrected chi connectivity index (χ4v) is 5.22. The molecule has 2 N–H and O–H groups in total. The van der Waals surface area contributed by atoms with Gasteiger partial charge in [-0.2, -0.15) is 8.42 Å². The van der Waals surface area contributed by atoms with Gasteiger partial charge in [0.05, 0.1) is 17.3 Å². The van der Waals surface area contributed by atoms with Crippen LogP contribution in [0.3, 0.4) is 0 Å². The molecule has 2 heterocycles. The van der Waals surface area contributed by atoms with Gasteiger partial charge in [-0.1, -0.05) is 18.2 Å². The highest BCUT2D eigenvalue weighted by molar-refractivity contribution is 7.90. The number of carbonyl (C=O) groups is 2. The Morgan fingerprint density at radius 3 is 2.65 bits per heavy atom. The van der Waals surface area contributed by atoms with E-state index in [1.54, 1.807) is 30.3 Å². The second-order valence-corrected chi connectivity index (χ2v) is 9.46. The second kappa shape index (κ2) is 8.14. The number of hydrogen-bond donors (Lipinski definition) is 2. The lowest BCUT2D eigenvalue weighted by Gasteiger charge is -2.33. The third-order valence-electron chi connectivity index (χ3n) is 5.45. The van der Waals surface area contributed by atoms with E-state index in [4.69, 9.17) is 0 Å². The van der Waals surface area contributed by atoms with Crippen LogP contribution in [0.25, 0.3) is 0 Å². The van der Waals surface area contributed by atoms with Crippen LogP contribution in [-0.4, -0.2) is 44.1 Å². The molecule has 0 radical (unpaired) electrons. The fraction of sp³-hybridized carbons (Fsp3) is 0.318. The summed E-state index contributed by atoms with van der Waals surface area (Å²) in [6.07, 6.45) is 1.43. The minimum Gasteiger partial charge on any atom is -0.355 e. The van der Waals surface area contributed by atoms with Crippen molar-refractivity contribution in [3.8, 4) is 0 Å². The van der Waals surface area contributed by atoms with E-state index in [-0.39, 0.29) is 22.6 Å². The molecule has 31 heavy (non-hydrogen) atoms. The highest BCUT2D eigenvalue weighted by atomic mass is 32.2. The lowest BCUT2D eigenvalue weighted by atomic mass is 9.96. The number of carbonyl (C=O) groups excluding carboxylic acids is 2. The summed E-state index contributed by atoms with van der Waals surface area (Å²) in [7, 11) is -3.71. The van der Waals surface area contributed by atoms with Crippen molar-refractivity contribution in [3.05, 3.63) is 53.6 Å². The van der Waals surface area contributed by atoms with Crippen LogP contribution < -0.4 is 10.6 Å². The predicted octanol–water partition coefficient (Wildman–Crippen LogP) is 2.75. The number of sulfonamides is 1. The Balaban J connectivity index is 1.53. The molecule has 4 rings (SSSR count). The first-order valence-corrected chi connectivity index (χ1v) is 11.6. The van der Waals surface area contributed by atoms with E-state index >= 15 is 0 Å². The summed E-state index contributed by atoms with van der Waals surface area (Å²) in [5.41, 5.74) is 2.62. The molecule has 2 aromatic carbocycles. The van der Waals surface area contributed by atoms with Gasteiger partial charge >= 0.3 is 0 Å². The molecule has 2 amide bonds. The summed E-state index contributed by atoms with van der Waals surface area (Å²) in [6, 6.07) is 12.2. The van der Waals surface area contributed by atoms with Crippen LogP contribution in [0.4, 0.5) is 11.4 Å². The van der Waals surface area contributed by atoms with Crippen molar-refractivity contribution >= 4 is 39.0 Å². The molecule has 0 aromatic heterocycles. The molecule has 0 spiro atoms. The van der Waals surface area contributed by atoms with Gasteiger partial charge in [-0.05, 0) is 49.6 Å². The van der Waals surface area contributed by atoms with E-state index in [2.05, 4.69) is 15.0 Å². The Kier molecular flexibility index (Phi) is 5.53. The molecule has 2 aliphatic rings. The zero-order chi connectivity index (χ0) is 22.2. The van der Waals surface area contributed by atoms with Gasteiger partial charge in [0, 0.05) is 25.6 Å². The molecule has 162 valence electrons. The van der Waals surface area contributed by atoms with E-state index in [0.29, 0.717) is 42.3 Å². The van der Waals surface area contributed by atoms with Crippen LogP contribution in [0.5, 0.6) is 0 Å². The quantitative estimate of drug-likeness (QED) is 0.763. The van der Waals surface area contributed by atoms with Gasteiger partial charge in [0.15, 0.2) is 5.84 Å². The molecule has 1 unspecified atom stereocenters. The molecular weight excluding hydrogens is 416 g/mol. The number of aryl methyl sites for hydroxylation is 1. The molecular formula is C22H24N4O4S. The van der Waals surface area contributed by atoms with Crippen molar-refractivity contribution in [3.63, 3.8) is 0 Å². The molecule has 0 bridgehead atoms. The Labute approximate surface area is 181 Å². The first-order chi connectivity index (χ1) is 14.7. The fourth-order valence-electron chi connectivity index (χ4n) is 4.00. The maximum atomic E-state index is 13.0. The van der Waals surface area contributed by atoms with Crippen LogP contribution in [0.2, 0.25) is 0 Å². The van der Waals surface area contributed by atoms with E-state index in [1.165, 1.54) is 6.92 Å². The Morgan fingerprint density at radius 2 is 1.87 bits per heavy atom. The average Bonchev–Trinajstić information content (AvgIpc) is 3.01. The highest BCUT2D eigenvalue weighted by Crippen LogP contribution is 2.30. The topological polar surface area (TPSA) is 108 Å². The number of fused-ring (bicyclic) bond motifs is 1. The van der Waals surface area contributed by atoms with Crippen molar-refractivity contribution in [2.24, 2.45) is 10.3 Å². The van der Waals surface area contributed by atoms with Gasteiger partial charge in [-0.15, -0.1) is 4.40 Å². The smallest absolute Gasteiger partial charge is 0.285 e. The molecule has 1 saturated heterocycles. The van der Waals surface area contributed by atoms with Gasteiger partial charge in [-0.25, -0.2) is 0 Å².